The molecule has 0 unspecified atom stereocenters. The van der Waals surface area contributed by atoms with Crippen LogP contribution >= 0.6 is 0 Å². The number of fused-ring (bicyclic) bond motifs is 3. The second-order valence-electron chi connectivity index (χ2n) is 5.25. The lowest BCUT2D eigenvalue weighted by molar-refractivity contribution is 0.630. The van der Waals surface area contributed by atoms with Crippen LogP contribution in [0.2, 0.25) is 0 Å². The van der Waals surface area contributed by atoms with Crippen LogP contribution in [0.25, 0.3) is 11.1 Å². The minimum atomic E-state index is -0.00954. The zero-order valence-corrected chi connectivity index (χ0v) is 10.7. The monoisotopic (exact) mass is 224 g/mol. The van der Waals surface area contributed by atoms with Gasteiger partial charge in [0.15, 0.2) is 0 Å². The van der Waals surface area contributed by atoms with Gasteiger partial charge in [0.2, 0.25) is 0 Å². The second-order valence-corrected chi connectivity index (χ2v) is 5.25. The number of rotatable bonds is 0. The van der Waals surface area contributed by atoms with E-state index in [1.165, 1.54) is 22.4 Å². The largest absolute Gasteiger partial charge is 0.238 e. The van der Waals surface area contributed by atoms with Gasteiger partial charge in [-0.1, -0.05) is 38.1 Å². The molecule has 0 bridgehead atoms. The van der Waals surface area contributed by atoms with E-state index in [1.807, 2.05) is 6.92 Å². The highest BCUT2D eigenvalue weighted by Gasteiger charge is 2.38. The molecular weight excluding hydrogens is 208 g/mol. The Morgan fingerprint density at radius 2 is 1.71 bits per heavy atom. The van der Waals surface area contributed by atoms with Crippen LogP contribution in [-0.2, 0) is 5.41 Å². The van der Waals surface area contributed by atoms with Crippen molar-refractivity contribution in [1.29, 1.82) is 0 Å². The maximum absolute atomic E-state index is 4.67. The molecule has 1 aliphatic rings. The smallest absolute Gasteiger partial charge is 0.125 e. The van der Waals surface area contributed by atoms with E-state index in [9.17, 15) is 0 Å². The summed E-state index contributed by atoms with van der Waals surface area (Å²) in [5, 5.41) is 0. The van der Waals surface area contributed by atoms with Gasteiger partial charge in [-0.25, -0.2) is 9.97 Å². The number of aromatic nitrogens is 2. The summed E-state index contributed by atoms with van der Waals surface area (Å²) in [5.41, 5.74) is 6.14. The molecule has 0 amide bonds. The summed E-state index contributed by atoms with van der Waals surface area (Å²) in [6.45, 7) is 8.52. The van der Waals surface area contributed by atoms with E-state index in [2.05, 4.69) is 55.0 Å². The van der Waals surface area contributed by atoms with Crippen molar-refractivity contribution in [1.82, 2.24) is 9.97 Å². The van der Waals surface area contributed by atoms with Crippen molar-refractivity contribution < 1.29 is 0 Å². The first-order valence-electron chi connectivity index (χ1n) is 5.97. The first-order valence-corrected chi connectivity index (χ1v) is 5.97. The van der Waals surface area contributed by atoms with Gasteiger partial charge in [-0.3, -0.25) is 0 Å². The molecule has 0 aliphatic heterocycles. The SMILES string of the molecule is Cc1nc(C)c2c(n1)C(C)(C)c1ccccc1-2. The number of aryl methyl sites for hydroxylation is 2. The first-order chi connectivity index (χ1) is 8.01. The average molecular weight is 224 g/mol. The van der Waals surface area contributed by atoms with Gasteiger partial charge < -0.3 is 0 Å². The summed E-state index contributed by atoms with van der Waals surface area (Å²) >= 11 is 0. The Hall–Kier alpha value is -1.70. The van der Waals surface area contributed by atoms with Crippen LogP contribution in [0.1, 0.15) is 36.6 Å². The fourth-order valence-corrected chi connectivity index (χ4v) is 2.86. The van der Waals surface area contributed by atoms with Crippen LogP contribution in [0.5, 0.6) is 0 Å². The lowest BCUT2D eigenvalue weighted by Gasteiger charge is -2.20. The average Bonchev–Trinajstić information content (AvgIpc) is 2.49. The molecule has 1 heterocycles. The number of hydrogen-bond acceptors (Lipinski definition) is 2. The second kappa shape index (κ2) is 3.16. The summed E-state index contributed by atoms with van der Waals surface area (Å²) in [4.78, 5) is 9.17. The maximum atomic E-state index is 4.67. The molecule has 0 radical (unpaired) electrons. The Kier molecular flexibility index (Phi) is 1.94. The molecule has 0 N–H and O–H groups in total. The standard InChI is InChI=1S/C15H16N2/c1-9-13-11-7-5-6-8-12(11)15(3,4)14(13)17-10(2)16-9/h5-8H,1-4H3. The van der Waals surface area contributed by atoms with Gasteiger partial charge in [0.05, 0.1) is 5.69 Å². The van der Waals surface area contributed by atoms with Gasteiger partial charge in [-0.2, -0.15) is 0 Å². The van der Waals surface area contributed by atoms with Crippen molar-refractivity contribution in [2.75, 3.05) is 0 Å². The highest BCUT2D eigenvalue weighted by Crippen LogP contribution is 2.48. The highest BCUT2D eigenvalue weighted by molar-refractivity contribution is 5.80. The zero-order chi connectivity index (χ0) is 12.2. The van der Waals surface area contributed by atoms with E-state index < -0.39 is 0 Å². The normalized spacial score (nSPS) is 15.5. The minimum absolute atomic E-state index is 0.00954. The van der Waals surface area contributed by atoms with E-state index in [0.29, 0.717) is 0 Å². The summed E-state index contributed by atoms with van der Waals surface area (Å²) in [6, 6.07) is 8.56. The molecule has 1 aromatic carbocycles. The van der Waals surface area contributed by atoms with Crippen LogP contribution in [0.15, 0.2) is 24.3 Å². The lowest BCUT2D eigenvalue weighted by Crippen LogP contribution is -2.17. The third-order valence-electron chi connectivity index (χ3n) is 3.66. The Labute approximate surface area is 102 Å². The predicted molar refractivity (Wildman–Crippen MR) is 69.1 cm³/mol. The van der Waals surface area contributed by atoms with Crippen LogP contribution in [-0.4, -0.2) is 9.97 Å². The predicted octanol–water partition coefficient (Wildman–Crippen LogP) is 3.40. The van der Waals surface area contributed by atoms with Gasteiger partial charge in [0.1, 0.15) is 5.82 Å². The van der Waals surface area contributed by atoms with Crippen molar-refractivity contribution >= 4 is 0 Å². The third kappa shape index (κ3) is 1.27. The van der Waals surface area contributed by atoms with E-state index in [0.717, 1.165) is 11.5 Å². The molecule has 0 atom stereocenters. The summed E-state index contributed by atoms with van der Waals surface area (Å²) in [5.74, 6) is 0.863. The van der Waals surface area contributed by atoms with Gasteiger partial charge in [0.25, 0.3) is 0 Å². The lowest BCUT2D eigenvalue weighted by atomic mass is 9.85. The molecule has 17 heavy (non-hydrogen) atoms. The van der Waals surface area contributed by atoms with E-state index in [1.54, 1.807) is 0 Å². The first kappa shape index (κ1) is 10.5. The van der Waals surface area contributed by atoms with E-state index in [-0.39, 0.29) is 5.41 Å². The molecule has 86 valence electrons. The van der Waals surface area contributed by atoms with Crippen molar-refractivity contribution in [3.8, 4) is 11.1 Å². The topological polar surface area (TPSA) is 25.8 Å². The van der Waals surface area contributed by atoms with Gasteiger partial charge >= 0.3 is 0 Å². The molecule has 3 rings (SSSR count). The number of hydrogen-bond donors (Lipinski definition) is 0. The van der Waals surface area contributed by atoms with Crippen molar-refractivity contribution in [3.05, 3.63) is 47.0 Å². The van der Waals surface area contributed by atoms with E-state index >= 15 is 0 Å². The number of benzene rings is 1. The Morgan fingerprint density at radius 3 is 2.47 bits per heavy atom. The van der Waals surface area contributed by atoms with Gasteiger partial charge in [-0.05, 0) is 25.0 Å². The maximum Gasteiger partial charge on any atom is 0.125 e. The highest BCUT2D eigenvalue weighted by atomic mass is 14.9. The molecule has 1 aliphatic carbocycles. The molecule has 0 spiro atoms. The molecule has 0 saturated heterocycles. The fraction of sp³-hybridized carbons (Fsp3) is 0.333. The summed E-state index contributed by atoms with van der Waals surface area (Å²) in [7, 11) is 0. The molecule has 2 heteroatoms. The molecule has 2 aromatic rings. The Bertz CT molecular complexity index is 612. The van der Waals surface area contributed by atoms with E-state index in [4.69, 9.17) is 0 Å². The van der Waals surface area contributed by atoms with Crippen LogP contribution in [0, 0.1) is 13.8 Å². The van der Waals surface area contributed by atoms with Gasteiger partial charge in [-0.15, -0.1) is 0 Å². The Balaban J connectivity index is 2.44. The molecule has 1 aromatic heterocycles. The van der Waals surface area contributed by atoms with Gasteiger partial charge in [0, 0.05) is 16.7 Å². The number of nitrogens with zero attached hydrogens (tertiary/aromatic N) is 2. The summed E-state index contributed by atoms with van der Waals surface area (Å²) < 4.78 is 0. The fourth-order valence-electron chi connectivity index (χ4n) is 2.86. The van der Waals surface area contributed by atoms with Crippen molar-refractivity contribution in [2.24, 2.45) is 0 Å². The zero-order valence-electron chi connectivity index (χ0n) is 10.7. The Morgan fingerprint density at radius 1 is 1.00 bits per heavy atom. The molecule has 0 fully saturated rings. The van der Waals surface area contributed by atoms with Crippen molar-refractivity contribution in [3.63, 3.8) is 0 Å². The molecule has 2 nitrogen and oxygen atoms in total. The third-order valence-corrected chi connectivity index (χ3v) is 3.66. The minimum Gasteiger partial charge on any atom is -0.238 e. The molecule has 0 saturated carbocycles. The van der Waals surface area contributed by atoms with Crippen LogP contribution < -0.4 is 0 Å². The van der Waals surface area contributed by atoms with Crippen LogP contribution in [0.3, 0.4) is 0 Å². The van der Waals surface area contributed by atoms with Crippen LogP contribution in [0.4, 0.5) is 0 Å². The van der Waals surface area contributed by atoms with Crippen molar-refractivity contribution in [2.45, 2.75) is 33.1 Å². The molecular formula is C15H16N2. The summed E-state index contributed by atoms with van der Waals surface area (Å²) in [6.07, 6.45) is 0. The quantitative estimate of drug-likeness (QED) is 0.685.